The van der Waals surface area contributed by atoms with Crippen molar-refractivity contribution in [2.45, 2.75) is 6.92 Å². The first-order valence-electron chi connectivity index (χ1n) is 7.47. The van der Waals surface area contributed by atoms with Crippen LogP contribution in [-0.2, 0) is 4.79 Å². The maximum atomic E-state index is 11.8. The zero-order chi connectivity index (χ0) is 16.8. The number of para-hydroxylation sites is 1. The lowest BCUT2D eigenvalue weighted by molar-refractivity contribution is -0.118. The van der Waals surface area contributed by atoms with Crippen LogP contribution in [0.4, 0.5) is 5.82 Å². The molecule has 1 aromatic heterocycles. The number of hydrogen-bond acceptors (Lipinski definition) is 4. The third-order valence-corrected chi connectivity index (χ3v) is 3.15. The third kappa shape index (κ3) is 4.36. The molecule has 0 unspecified atom stereocenters. The minimum atomic E-state index is -0.272. The molecule has 0 saturated carbocycles. The van der Waals surface area contributed by atoms with Crippen molar-refractivity contribution in [3.05, 3.63) is 66.4 Å². The van der Waals surface area contributed by atoms with E-state index in [1.807, 2.05) is 37.3 Å². The monoisotopic (exact) mass is 323 g/mol. The van der Waals surface area contributed by atoms with E-state index in [9.17, 15) is 4.79 Å². The summed E-state index contributed by atoms with van der Waals surface area (Å²) in [7, 11) is 0. The van der Waals surface area contributed by atoms with Crippen molar-refractivity contribution >= 4 is 11.7 Å². The molecular formula is C18H17N3O3. The minimum absolute atomic E-state index is 0.0925. The van der Waals surface area contributed by atoms with Gasteiger partial charge in [0.05, 0.1) is 0 Å². The van der Waals surface area contributed by atoms with Crippen LogP contribution in [0.5, 0.6) is 17.2 Å². The molecule has 6 heteroatoms. The molecule has 1 heterocycles. The molecule has 0 aliphatic rings. The van der Waals surface area contributed by atoms with Gasteiger partial charge in [-0.3, -0.25) is 9.89 Å². The predicted molar refractivity (Wildman–Crippen MR) is 90.4 cm³/mol. The van der Waals surface area contributed by atoms with E-state index in [-0.39, 0.29) is 12.5 Å². The molecule has 2 aromatic carbocycles. The van der Waals surface area contributed by atoms with Gasteiger partial charge in [0, 0.05) is 11.8 Å². The normalized spacial score (nSPS) is 10.2. The van der Waals surface area contributed by atoms with Gasteiger partial charge in [0.2, 0.25) is 0 Å². The smallest absolute Gasteiger partial charge is 0.263 e. The maximum Gasteiger partial charge on any atom is 0.263 e. The second-order valence-electron chi connectivity index (χ2n) is 5.16. The number of aromatic amines is 1. The van der Waals surface area contributed by atoms with Crippen LogP contribution in [0.3, 0.4) is 0 Å². The summed E-state index contributed by atoms with van der Waals surface area (Å²) in [4.78, 5) is 11.8. The van der Waals surface area contributed by atoms with Crippen molar-refractivity contribution in [2.24, 2.45) is 0 Å². The number of benzene rings is 2. The summed E-state index contributed by atoms with van der Waals surface area (Å²) in [6.45, 7) is 1.77. The largest absolute Gasteiger partial charge is 0.484 e. The minimum Gasteiger partial charge on any atom is -0.484 e. The predicted octanol–water partition coefficient (Wildman–Crippen LogP) is 3.53. The zero-order valence-electron chi connectivity index (χ0n) is 13.2. The second-order valence-corrected chi connectivity index (χ2v) is 5.16. The van der Waals surface area contributed by atoms with Gasteiger partial charge >= 0.3 is 0 Å². The second kappa shape index (κ2) is 7.32. The Hall–Kier alpha value is -3.28. The number of rotatable bonds is 6. The van der Waals surface area contributed by atoms with Crippen molar-refractivity contribution in [1.29, 1.82) is 0 Å². The van der Waals surface area contributed by atoms with E-state index >= 15 is 0 Å². The van der Waals surface area contributed by atoms with Crippen molar-refractivity contribution in [2.75, 3.05) is 11.9 Å². The average molecular weight is 323 g/mol. The van der Waals surface area contributed by atoms with Gasteiger partial charge in [-0.1, -0.05) is 18.2 Å². The van der Waals surface area contributed by atoms with Crippen LogP contribution in [0.1, 0.15) is 5.69 Å². The van der Waals surface area contributed by atoms with E-state index in [4.69, 9.17) is 9.47 Å². The lowest BCUT2D eigenvalue weighted by Crippen LogP contribution is -2.20. The van der Waals surface area contributed by atoms with Gasteiger partial charge in [0.15, 0.2) is 12.4 Å². The molecule has 0 spiro atoms. The number of H-pyrrole nitrogens is 1. The molecule has 0 radical (unpaired) electrons. The van der Waals surface area contributed by atoms with E-state index in [2.05, 4.69) is 15.5 Å². The molecule has 0 atom stereocenters. The Morgan fingerprint density at radius 1 is 1.04 bits per heavy atom. The van der Waals surface area contributed by atoms with Crippen LogP contribution in [0, 0.1) is 6.92 Å². The Balaban J connectivity index is 1.50. The number of carbonyl (C=O) groups excluding carboxylic acids is 1. The Labute approximate surface area is 139 Å². The first-order chi connectivity index (χ1) is 11.7. The first-order valence-corrected chi connectivity index (χ1v) is 7.47. The average Bonchev–Trinajstić information content (AvgIpc) is 3.00. The molecule has 3 rings (SSSR count). The highest BCUT2D eigenvalue weighted by Gasteiger charge is 2.06. The van der Waals surface area contributed by atoms with Gasteiger partial charge in [-0.2, -0.15) is 5.10 Å². The van der Waals surface area contributed by atoms with Crippen LogP contribution in [-0.4, -0.2) is 22.7 Å². The maximum absolute atomic E-state index is 11.8. The third-order valence-electron chi connectivity index (χ3n) is 3.15. The number of hydrogen-bond donors (Lipinski definition) is 2. The number of carbonyl (C=O) groups is 1. The van der Waals surface area contributed by atoms with Crippen molar-refractivity contribution in [3.8, 4) is 17.2 Å². The fraction of sp³-hybridized carbons (Fsp3) is 0.111. The summed E-state index contributed by atoms with van der Waals surface area (Å²) in [5.74, 6) is 2.26. The molecule has 0 fully saturated rings. The molecule has 0 aliphatic carbocycles. The van der Waals surface area contributed by atoms with Gasteiger partial charge in [-0.05, 0) is 43.3 Å². The molecule has 0 saturated heterocycles. The lowest BCUT2D eigenvalue weighted by atomic mass is 10.3. The SMILES string of the molecule is Cc1cc(NC(=O)COc2ccc(Oc3ccccc3)cc2)n[nH]1. The summed E-state index contributed by atoms with van der Waals surface area (Å²) in [6.07, 6.45) is 0. The standard InChI is InChI=1S/C18H17N3O3/c1-13-11-17(21-20-13)19-18(22)12-23-14-7-9-16(10-8-14)24-15-5-3-2-4-6-15/h2-11H,12H2,1H3,(H2,19,20,21,22). The van der Waals surface area contributed by atoms with E-state index in [0.29, 0.717) is 17.3 Å². The number of ether oxygens (including phenoxy) is 2. The zero-order valence-corrected chi connectivity index (χ0v) is 13.2. The van der Waals surface area contributed by atoms with Crippen molar-refractivity contribution in [1.82, 2.24) is 10.2 Å². The van der Waals surface area contributed by atoms with Crippen LogP contribution in [0.25, 0.3) is 0 Å². The number of anilines is 1. The van der Waals surface area contributed by atoms with Crippen molar-refractivity contribution < 1.29 is 14.3 Å². The quantitative estimate of drug-likeness (QED) is 0.727. The van der Waals surface area contributed by atoms with Crippen LogP contribution in [0.2, 0.25) is 0 Å². The fourth-order valence-electron chi connectivity index (χ4n) is 2.04. The van der Waals surface area contributed by atoms with Crippen molar-refractivity contribution in [3.63, 3.8) is 0 Å². The summed E-state index contributed by atoms with van der Waals surface area (Å²) in [5.41, 5.74) is 0.875. The molecule has 3 aromatic rings. The first kappa shape index (κ1) is 15.6. The summed E-state index contributed by atoms with van der Waals surface area (Å²) >= 11 is 0. The Kier molecular flexibility index (Phi) is 4.76. The van der Waals surface area contributed by atoms with E-state index in [0.717, 1.165) is 11.4 Å². The summed E-state index contributed by atoms with van der Waals surface area (Å²) in [5, 5.41) is 9.33. The number of aromatic nitrogens is 2. The Bertz CT molecular complexity index is 798. The van der Waals surface area contributed by atoms with Gasteiger partial charge in [0.25, 0.3) is 5.91 Å². The Morgan fingerprint density at radius 3 is 2.38 bits per heavy atom. The highest BCUT2D eigenvalue weighted by Crippen LogP contribution is 2.23. The van der Waals surface area contributed by atoms with E-state index in [1.54, 1.807) is 30.3 Å². The van der Waals surface area contributed by atoms with Gasteiger partial charge in [-0.15, -0.1) is 0 Å². The summed E-state index contributed by atoms with van der Waals surface area (Å²) in [6, 6.07) is 18.3. The molecule has 6 nitrogen and oxygen atoms in total. The van der Waals surface area contributed by atoms with Crippen LogP contribution >= 0.6 is 0 Å². The number of nitrogens with one attached hydrogen (secondary N) is 2. The molecular weight excluding hydrogens is 306 g/mol. The van der Waals surface area contributed by atoms with Crippen LogP contribution < -0.4 is 14.8 Å². The molecule has 2 N–H and O–H groups in total. The summed E-state index contributed by atoms with van der Waals surface area (Å²) < 4.78 is 11.1. The van der Waals surface area contributed by atoms with Gasteiger partial charge < -0.3 is 14.8 Å². The van der Waals surface area contributed by atoms with E-state index < -0.39 is 0 Å². The highest BCUT2D eigenvalue weighted by molar-refractivity contribution is 5.90. The van der Waals surface area contributed by atoms with Gasteiger partial charge in [-0.25, -0.2) is 0 Å². The molecule has 24 heavy (non-hydrogen) atoms. The molecule has 0 bridgehead atoms. The molecule has 122 valence electrons. The number of nitrogens with zero attached hydrogens (tertiary/aromatic N) is 1. The molecule has 1 amide bonds. The van der Waals surface area contributed by atoms with Crippen LogP contribution in [0.15, 0.2) is 60.7 Å². The number of aryl methyl sites for hydroxylation is 1. The topological polar surface area (TPSA) is 76.2 Å². The van der Waals surface area contributed by atoms with Gasteiger partial charge in [0.1, 0.15) is 17.2 Å². The fourth-order valence-corrected chi connectivity index (χ4v) is 2.04. The lowest BCUT2D eigenvalue weighted by Gasteiger charge is -2.08. The Morgan fingerprint density at radius 2 is 1.71 bits per heavy atom. The highest BCUT2D eigenvalue weighted by atomic mass is 16.5. The van der Waals surface area contributed by atoms with E-state index in [1.165, 1.54) is 0 Å². The molecule has 0 aliphatic heterocycles. The number of amides is 1.